The molecule has 3 atom stereocenters. The van der Waals surface area contributed by atoms with Crippen molar-refractivity contribution in [3.05, 3.63) is 90.0 Å². The normalized spacial score (nSPS) is 18.9. The molecule has 0 radical (unpaired) electrons. The smallest absolute Gasteiger partial charge is 0.352 e. The Morgan fingerprint density at radius 1 is 1.07 bits per heavy atom. The first-order valence-corrected chi connectivity index (χ1v) is 9.14. The molecule has 6 nitrogen and oxygen atoms in total. The molecule has 0 aliphatic carbocycles. The summed E-state index contributed by atoms with van der Waals surface area (Å²) < 4.78 is 13.0. The Hall–Kier alpha value is -3.41. The Kier molecular flexibility index (Phi) is 4.93. The number of esters is 2. The van der Waals surface area contributed by atoms with Crippen LogP contribution in [0.1, 0.15) is 48.5 Å². The molecular weight excluding hydrogens is 356 g/mol. The maximum Gasteiger partial charge on any atom is 0.352 e. The van der Waals surface area contributed by atoms with E-state index in [2.05, 4.69) is 4.98 Å². The molecule has 28 heavy (non-hydrogen) atoms. The van der Waals surface area contributed by atoms with Crippen molar-refractivity contribution in [1.29, 1.82) is 0 Å². The lowest BCUT2D eigenvalue weighted by Gasteiger charge is -2.19. The highest BCUT2D eigenvalue weighted by Crippen LogP contribution is 2.40. The van der Waals surface area contributed by atoms with Crippen LogP contribution in [-0.2, 0) is 19.1 Å². The minimum absolute atomic E-state index is 0.0420. The lowest BCUT2D eigenvalue weighted by atomic mass is 10.0. The second-order valence-electron chi connectivity index (χ2n) is 6.68. The predicted octanol–water partition coefficient (Wildman–Crippen LogP) is 3.76. The highest BCUT2D eigenvalue weighted by Gasteiger charge is 2.37. The van der Waals surface area contributed by atoms with Crippen LogP contribution in [0.2, 0.25) is 0 Å². The molecule has 1 aromatic heterocycles. The van der Waals surface area contributed by atoms with E-state index in [0.717, 1.165) is 5.56 Å². The topological polar surface area (TPSA) is 70.4 Å². The van der Waals surface area contributed by atoms with Crippen LogP contribution in [0.15, 0.2) is 73.1 Å². The molecule has 0 saturated heterocycles. The molecule has 0 spiro atoms. The lowest BCUT2D eigenvalue weighted by molar-refractivity contribution is -0.171. The maximum atomic E-state index is 12.9. The second-order valence-corrected chi connectivity index (χ2v) is 6.68. The molecule has 0 N–H and O–H groups in total. The van der Waals surface area contributed by atoms with Crippen molar-refractivity contribution in [2.45, 2.75) is 31.6 Å². The van der Waals surface area contributed by atoms with E-state index in [0.29, 0.717) is 17.8 Å². The molecule has 0 unspecified atom stereocenters. The van der Waals surface area contributed by atoms with Gasteiger partial charge < -0.3 is 14.0 Å². The first-order valence-electron chi connectivity index (χ1n) is 9.14. The number of aromatic nitrogens is 2. The van der Waals surface area contributed by atoms with Gasteiger partial charge in [0.25, 0.3) is 0 Å². The Morgan fingerprint density at radius 3 is 2.43 bits per heavy atom. The number of rotatable bonds is 5. The molecule has 0 fully saturated rings. The van der Waals surface area contributed by atoms with Crippen molar-refractivity contribution in [2.75, 3.05) is 0 Å². The summed E-state index contributed by atoms with van der Waals surface area (Å²) in [5.74, 6) is -0.451. The number of hydrogen-bond donors (Lipinski definition) is 0. The fourth-order valence-electron chi connectivity index (χ4n) is 3.58. The van der Waals surface area contributed by atoms with Gasteiger partial charge in [-0.1, -0.05) is 60.7 Å². The average molecular weight is 376 g/mol. The standard InChI is InChI=1S/C22H20N2O4/c1-15(25)27-20(17-10-6-3-7-11-17)22(26)28-19-14-18(16-8-4-2-5-9-16)24-13-12-23-21(19)24/h2-13,18-20H,14H2,1H3/t18-,19+,20+/m1/s1. The summed E-state index contributed by atoms with van der Waals surface area (Å²) in [6.07, 6.45) is 2.57. The zero-order valence-corrected chi connectivity index (χ0v) is 15.4. The number of benzene rings is 2. The van der Waals surface area contributed by atoms with E-state index in [-0.39, 0.29) is 6.04 Å². The maximum absolute atomic E-state index is 12.9. The third-order valence-electron chi connectivity index (χ3n) is 4.80. The summed E-state index contributed by atoms with van der Waals surface area (Å²) in [6, 6.07) is 18.9. The summed E-state index contributed by atoms with van der Waals surface area (Å²) >= 11 is 0. The quantitative estimate of drug-likeness (QED) is 0.634. The van der Waals surface area contributed by atoms with Crippen LogP contribution >= 0.6 is 0 Å². The summed E-state index contributed by atoms with van der Waals surface area (Å²) in [5.41, 5.74) is 1.70. The molecule has 1 aliphatic rings. The molecule has 2 aromatic carbocycles. The van der Waals surface area contributed by atoms with Crippen LogP contribution in [0.5, 0.6) is 0 Å². The van der Waals surface area contributed by atoms with Crippen molar-refractivity contribution in [3.8, 4) is 0 Å². The van der Waals surface area contributed by atoms with E-state index in [1.807, 2.05) is 47.2 Å². The number of nitrogens with zero attached hydrogens (tertiary/aromatic N) is 2. The lowest BCUT2D eigenvalue weighted by Crippen LogP contribution is -2.22. The Bertz CT molecular complexity index is 968. The van der Waals surface area contributed by atoms with Crippen LogP contribution < -0.4 is 0 Å². The number of fused-ring (bicyclic) bond motifs is 1. The summed E-state index contributed by atoms with van der Waals surface area (Å²) in [7, 11) is 0. The van der Waals surface area contributed by atoms with Gasteiger partial charge in [0.1, 0.15) is 0 Å². The molecule has 0 amide bonds. The summed E-state index contributed by atoms with van der Waals surface area (Å²) in [4.78, 5) is 28.8. The monoisotopic (exact) mass is 376 g/mol. The zero-order chi connectivity index (χ0) is 19.5. The largest absolute Gasteiger partial charge is 0.451 e. The third kappa shape index (κ3) is 3.53. The fourth-order valence-corrected chi connectivity index (χ4v) is 3.58. The van der Waals surface area contributed by atoms with Gasteiger partial charge in [-0.25, -0.2) is 9.78 Å². The van der Waals surface area contributed by atoms with Crippen LogP contribution in [0.25, 0.3) is 0 Å². The zero-order valence-electron chi connectivity index (χ0n) is 15.4. The van der Waals surface area contributed by atoms with Gasteiger partial charge in [-0.2, -0.15) is 0 Å². The third-order valence-corrected chi connectivity index (χ3v) is 4.80. The van der Waals surface area contributed by atoms with Crippen molar-refractivity contribution in [1.82, 2.24) is 9.55 Å². The molecule has 0 bridgehead atoms. The van der Waals surface area contributed by atoms with E-state index in [9.17, 15) is 9.59 Å². The highest BCUT2D eigenvalue weighted by atomic mass is 16.6. The van der Waals surface area contributed by atoms with Crippen LogP contribution in [0.4, 0.5) is 0 Å². The van der Waals surface area contributed by atoms with Crippen molar-refractivity contribution in [3.63, 3.8) is 0 Å². The summed E-state index contributed by atoms with van der Waals surface area (Å²) in [5, 5.41) is 0. The summed E-state index contributed by atoms with van der Waals surface area (Å²) in [6.45, 7) is 1.27. The molecule has 4 rings (SSSR count). The van der Waals surface area contributed by atoms with E-state index >= 15 is 0 Å². The SMILES string of the molecule is CC(=O)O[C@H](C(=O)O[C@H]1C[C@H](c2ccccc2)n2ccnc21)c1ccccc1. The molecule has 142 valence electrons. The number of imidazole rings is 1. The van der Waals surface area contributed by atoms with Crippen molar-refractivity contribution < 1.29 is 19.1 Å². The van der Waals surface area contributed by atoms with Gasteiger partial charge in [-0.05, 0) is 5.56 Å². The van der Waals surface area contributed by atoms with E-state index < -0.39 is 24.1 Å². The van der Waals surface area contributed by atoms with Gasteiger partial charge in [0, 0.05) is 31.3 Å². The molecule has 3 aromatic rings. The predicted molar refractivity (Wildman–Crippen MR) is 101 cm³/mol. The molecule has 2 heterocycles. The van der Waals surface area contributed by atoms with Gasteiger partial charge in [0.15, 0.2) is 11.9 Å². The van der Waals surface area contributed by atoms with Crippen LogP contribution in [-0.4, -0.2) is 21.5 Å². The molecule has 1 aliphatic heterocycles. The Labute approximate surface area is 162 Å². The molecule has 6 heteroatoms. The minimum atomic E-state index is -1.10. The molecular formula is C22H20N2O4. The average Bonchev–Trinajstić information content (AvgIpc) is 3.31. The highest BCUT2D eigenvalue weighted by molar-refractivity contribution is 5.80. The minimum Gasteiger partial charge on any atom is -0.451 e. The van der Waals surface area contributed by atoms with Gasteiger partial charge in [0.05, 0.1) is 6.04 Å². The van der Waals surface area contributed by atoms with Crippen molar-refractivity contribution >= 4 is 11.9 Å². The fraction of sp³-hybridized carbons (Fsp3) is 0.227. The first kappa shape index (κ1) is 18.0. The van der Waals surface area contributed by atoms with Gasteiger partial charge >= 0.3 is 11.9 Å². The number of carbonyl (C=O) groups excluding carboxylic acids is 2. The Morgan fingerprint density at radius 2 is 1.75 bits per heavy atom. The number of ether oxygens (including phenoxy) is 2. The first-order chi connectivity index (χ1) is 13.6. The molecule has 0 saturated carbocycles. The van der Waals surface area contributed by atoms with Gasteiger partial charge in [-0.15, -0.1) is 0 Å². The van der Waals surface area contributed by atoms with E-state index in [1.54, 1.807) is 30.5 Å². The van der Waals surface area contributed by atoms with Crippen LogP contribution in [0.3, 0.4) is 0 Å². The van der Waals surface area contributed by atoms with Crippen LogP contribution in [0, 0.1) is 0 Å². The second kappa shape index (κ2) is 7.68. The van der Waals surface area contributed by atoms with Gasteiger partial charge in [0.2, 0.25) is 6.10 Å². The number of carbonyl (C=O) groups is 2. The Balaban J connectivity index is 1.56. The van der Waals surface area contributed by atoms with Crippen molar-refractivity contribution in [2.24, 2.45) is 0 Å². The van der Waals surface area contributed by atoms with E-state index in [1.165, 1.54) is 6.92 Å². The van der Waals surface area contributed by atoms with E-state index in [4.69, 9.17) is 9.47 Å². The number of hydrogen-bond acceptors (Lipinski definition) is 5. The van der Waals surface area contributed by atoms with Gasteiger partial charge in [-0.3, -0.25) is 4.79 Å².